The molecule has 0 saturated carbocycles. The molecular formula is C61H42N4. The van der Waals surface area contributed by atoms with Gasteiger partial charge in [0.1, 0.15) is 0 Å². The summed E-state index contributed by atoms with van der Waals surface area (Å²) in [6.45, 7) is 4.78. The smallest absolute Gasteiger partial charge is 0.164 e. The first-order valence-electron chi connectivity index (χ1n) is 22.4. The van der Waals surface area contributed by atoms with Crippen LogP contribution in [0.25, 0.3) is 83.9 Å². The van der Waals surface area contributed by atoms with Gasteiger partial charge in [0, 0.05) is 32.9 Å². The summed E-state index contributed by atoms with van der Waals surface area (Å²) in [5.41, 5.74) is 18.2. The van der Waals surface area contributed by atoms with Crippen LogP contribution in [0.5, 0.6) is 0 Å². The Morgan fingerprint density at radius 2 is 0.800 bits per heavy atom. The van der Waals surface area contributed by atoms with Gasteiger partial charge in [-0.25, -0.2) is 15.0 Å². The van der Waals surface area contributed by atoms with Crippen LogP contribution in [-0.4, -0.2) is 19.5 Å². The lowest BCUT2D eigenvalue weighted by Gasteiger charge is -2.50. The second-order valence-corrected chi connectivity index (χ2v) is 17.9. The Kier molecular flexibility index (Phi) is 8.13. The van der Waals surface area contributed by atoms with Crippen molar-refractivity contribution in [3.05, 3.63) is 252 Å². The van der Waals surface area contributed by atoms with Gasteiger partial charge in [0.2, 0.25) is 0 Å². The highest BCUT2D eigenvalue weighted by Gasteiger charge is 2.52. The van der Waals surface area contributed by atoms with Crippen LogP contribution in [0.2, 0.25) is 0 Å². The monoisotopic (exact) mass is 830 g/mol. The molecule has 0 saturated heterocycles. The molecule has 2 aromatic heterocycles. The highest BCUT2D eigenvalue weighted by atomic mass is 15.0. The maximum Gasteiger partial charge on any atom is 0.164 e. The van der Waals surface area contributed by atoms with E-state index in [0.29, 0.717) is 17.5 Å². The third kappa shape index (κ3) is 5.47. The van der Waals surface area contributed by atoms with E-state index in [4.69, 9.17) is 15.0 Å². The molecule has 0 bridgehead atoms. The Balaban J connectivity index is 1.01. The number of fused-ring (bicyclic) bond motifs is 11. The standard InChI is InChI=1S/C61H42N4/c1-60(2)48-25-10-11-26-50(48)61(51-27-12-14-30-55(51)65-54-29-13-9-23-46(54)47-24-16-28-52(61)56(47)65)53-38-44(35-36-49(53)60)43-21-15-22-45(37-43)59-63-57(41-19-7-4-8-20-41)62-58(64-59)42-33-31-40(32-34-42)39-17-5-3-6-18-39/h3-38H,1-2H3. The lowest BCUT2D eigenvalue weighted by atomic mass is 9.53. The van der Waals surface area contributed by atoms with E-state index >= 15 is 0 Å². The summed E-state index contributed by atoms with van der Waals surface area (Å²) in [6.07, 6.45) is 0. The van der Waals surface area contributed by atoms with Gasteiger partial charge in [-0.2, -0.15) is 0 Å². The fraction of sp³-hybridized carbons (Fsp3) is 0.0656. The zero-order valence-electron chi connectivity index (χ0n) is 36.1. The van der Waals surface area contributed by atoms with E-state index in [9.17, 15) is 0 Å². The number of nitrogens with zero attached hydrogens (tertiary/aromatic N) is 4. The molecule has 9 aromatic carbocycles. The van der Waals surface area contributed by atoms with E-state index in [1.54, 1.807) is 0 Å². The second kappa shape index (κ2) is 14.2. The molecule has 65 heavy (non-hydrogen) atoms. The van der Waals surface area contributed by atoms with Crippen molar-refractivity contribution in [3.63, 3.8) is 0 Å². The van der Waals surface area contributed by atoms with Crippen LogP contribution in [0.15, 0.2) is 218 Å². The van der Waals surface area contributed by atoms with Crippen molar-refractivity contribution in [2.24, 2.45) is 0 Å². The van der Waals surface area contributed by atoms with Gasteiger partial charge in [-0.1, -0.05) is 208 Å². The molecule has 1 aliphatic carbocycles. The van der Waals surface area contributed by atoms with Crippen molar-refractivity contribution in [1.82, 2.24) is 19.5 Å². The molecule has 2 aliphatic rings. The van der Waals surface area contributed by atoms with Crippen LogP contribution in [0.1, 0.15) is 47.2 Å². The molecular weight excluding hydrogens is 789 g/mol. The minimum atomic E-state index is -0.584. The van der Waals surface area contributed by atoms with Crippen molar-refractivity contribution < 1.29 is 0 Å². The lowest BCUT2D eigenvalue weighted by Crippen LogP contribution is -2.44. The van der Waals surface area contributed by atoms with E-state index in [1.807, 2.05) is 24.3 Å². The van der Waals surface area contributed by atoms with Gasteiger partial charge < -0.3 is 4.57 Å². The van der Waals surface area contributed by atoms with Crippen LogP contribution < -0.4 is 0 Å². The van der Waals surface area contributed by atoms with Gasteiger partial charge in [-0.3, -0.25) is 0 Å². The van der Waals surface area contributed by atoms with Crippen LogP contribution >= 0.6 is 0 Å². The van der Waals surface area contributed by atoms with Crippen molar-refractivity contribution in [3.8, 4) is 62.1 Å². The topological polar surface area (TPSA) is 43.6 Å². The first kappa shape index (κ1) is 37.4. The van der Waals surface area contributed by atoms with E-state index in [2.05, 4.69) is 213 Å². The first-order chi connectivity index (χ1) is 32.0. The maximum atomic E-state index is 5.18. The maximum absolute atomic E-state index is 5.18. The number of rotatable bonds is 5. The molecule has 11 aromatic rings. The van der Waals surface area contributed by atoms with E-state index in [-0.39, 0.29) is 5.41 Å². The normalized spacial score (nSPS) is 15.4. The third-order valence-electron chi connectivity index (χ3n) is 14.1. The van der Waals surface area contributed by atoms with Crippen LogP contribution in [-0.2, 0) is 10.8 Å². The van der Waals surface area contributed by atoms with Crippen molar-refractivity contribution in [1.29, 1.82) is 0 Å². The predicted octanol–water partition coefficient (Wildman–Crippen LogP) is 14.6. The quantitative estimate of drug-likeness (QED) is 0.174. The number of aromatic nitrogens is 4. The van der Waals surface area contributed by atoms with Gasteiger partial charge in [-0.05, 0) is 79.9 Å². The molecule has 0 amide bonds. The van der Waals surface area contributed by atoms with Gasteiger partial charge >= 0.3 is 0 Å². The van der Waals surface area contributed by atoms with Crippen LogP contribution in [0.4, 0.5) is 0 Å². The summed E-state index contributed by atoms with van der Waals surface area (Å²) >= 11 is 0. The summed E-state index contributed by atoms with van der Waals surface area (Å²) in [5.74, 6) is 1.91. The van der Waals surface area contributed by atoms with Gasteiger partial charge in [0.15, 0.2) is 17.5 Å². The average molecular weight is 831 g/mol. The molecule has 1 spiro atoms. The summed E-state index contributed by atoms with van der Waals surface area (Å²) < 4.78 is 2.51. The van der Waals surface area contributed by atoms with Crippen molar-refractivity contribution >= 4 is 21.8 Å². The zero-order chi connectivity index (χ0) is 43.3. The van der Waals surface area contributed by atoms with Gasteiger partial charge in [0.05, 0.1) is 22.1 Å². The number of hydrogen-bond acceptors (Lipinski definition) is 3. The van der Waals surface area contributed by atoms with E-state index in [0.717, 1.165) is 33.4 Å². The molecule has 4 heteroatoms. The highest BCUT2D eigenvalue weighted by Crippen LogP contribution is 2.61. The van der Waals surface area contributed by atoms with Crippen molar-refractivity contribution in [2.75, 3.05) is 0 Å². The average Bonchev–Trinajstić information content (AvgIpc) is 3.72. The SMILES string of the molecule is CC1(C)c2ccccc2C2(c3ccccc3-n3c4ccccc4c4cccc2c43)c2cc(-c3cccc(-c4nc(-c5ccccc5)nc(-c5ccc(-c6ccccc6)cc5)n4)c3)ccc21. The molecule has 306 valence electrons. The summed E-state index contributed by atoms with van der Waals surface area (Å²) in [7, 11) is 0. The summed E-state index contributed by atoms with van der Waals surface area (Å²) in [5, 5.41) is 2.55. The largest absolute Gasteiger partial charge is 0.309 e. The molecule has 1 unspecified atom stereocenters. The Labute approximate surface area is 378 Å². The Morgan fingerprint density at radius 3 is 1.57 bits per heavy atom. The molecule has 0 fully saturated rings. The molecule has 4 nitrogen and oxygen atoms in total. The molecule has 0 radical (unpaired) electrons. The van der Waals surface area contributed by atoms with Crippen LogP contribution in [0, 0.1) is 0 Å². The predicted molar refractivity (Wildman–Crippen MR) is 265 cm³/mol. The number of benzene rings is 9. The van der Waals surface area contributed by atoms with Crippen LogP contribution in [0.3, 0.4) is 0 Å². The summed E-state index contributed by atoms with van der Waals surface area (Å²) in [4.78, 5) is 15.4. The highest BCUT2D eigenvalue weighted by molar-refractivity contribution is 6.12. The lowest BCUT2D eigenvalue weighted by molar-refractivity contribution is 0.556. The molecule has 1 atom stereocenters. The minimum Gasteiger partial charge on any atom is -0.309 e. The molecule has 0 N–H and O–H groups in total. The van der Waals surface area contributed by atoms with Crippen molar-refractivity contribution in [2.45, 2.75) is 24.7 Å². The fourth-order valence-electron chi connectivity index (χ4n) is 11.1. The Morgan fingerprint density at radius 1 is 0.323 bits per heavy atom. The Bertz CT molecular complexity index is 3680. The Hall–Kier alpha value is -8.21. The second-order valence-electron chi connectivity index (χ2n) is 17.9. The van der Waals surface area contributed by atoms with E-state index < -0.39 is 5.41 Å². The molecule has 3 heterocycles. The first-order valence-corrected chi connectivity index (χ1v) is 22.4. The fourth-order valence-corrected chi connectivity index (χ4v) is 11.1. The van der Waals surface area contributed by atoms with Gasteiger partial charge in [0.25, 0.3) is 0 Å². The minimum absolute atomic E-state index is 0.251. The van der Waals surface area contributed by atoms with Gasteiger partial charge in [-0.15, -0.1) is 0 Å². The number of hydrogen-bond donors (Lipinski definition) is 0. The molecule has 1 aliphatic heterocycles. The van der Waals surface area contributed by atoms with E-state index in [1.165, 1.54) is 66.4 Å². The summed E-state index contributed by atoms with van der Waals surface area (Å²) in [6, 6.07) is 79.2. The zero-order valence-corrected chi connectivity index (χ0v) is 36.1. The number of para-hydroxylation sites is 3. The molecule has 13 rings (SSSR count). The third-order valence-corrected chi connectivity index (χ3v) is 14.1.